The Balaban J connectivity index is 2.13. The van der Waals surface area contributed by atoms with Crippen molar-refractivity contribution >= 4 is 17.8 Å². The topological polar surface area (TPSA) is 52.4 Å². The summed E-state index contributed by atoms with van der Waals surface area (Å²) < 4.78 is 5.30. The SMILES string of the molecule is COc1ccccc1Sc1ccc(/C=C/[N+](=O)[O-])cc1. The monoisotopic (exact) mass is 287 g/mol. The third-order valence-corrected chi connectivity index (χ3v) is 3.63. The van der Waals surface area contributed by atoms with E-state index in [1.54, 1.807) is 18.9 Å². The van der Waals surface area contributed by atoms with Gasteiger partial charge in [-0.15, -0.1) is 0 Å². The molecule has 2 rings (SSSR count). The summed E-state index contributed by atoms with van der Waals surface area (Å²) in [6.45, 7) is 0. The Morgan fingerprint density at radius 1 is 1.15 bits per heavy atom. The molecule has 0 aromatic heterocycles. The molecule has 2 aromatic carbocycles. The predicted octanol–water partition coefficient (Wildman–Crippen LogP) is 4.09. The van der Waals surface area contributed by atoms with Gasteiger partial charge in [0.25, 0.3) is 0 Å². The molecule has 102 valence electrons. The largest absolute Gasteiger partial charge is 0.496 e. The van der Waals surface area contributed by atoms with Gasteiger partial charge in [-0.05, 0) is 29.8 Å². The summed E-state index contributed by atoms with van der Waals surface area (Å²) in [5, 5.41) is 10.3. The van der Waals surface area contributed by atoms with E-state index in [2.05, 4.69) is 0 Å². The van der Waals surface area contributed by atoms with Gasteiger partial charge in [0.1, 0.15) is 5.75 Å². The first-order valence-electron chi connectivity index (χ1n) is 5.91. The van der Waals surface area contributed by atoms with Crippen molar-refractivity contribution in [2.24, 2.45) is 0 Å². The fourth-order valence-corrected chi connectivity index (χ4v) is 2.55. The van der Waals surface area contributed by atoms with Gasteiger partial charge in [-0.3, -0.25) is 10.1 Å². The number of hydrogen-bond acceptors (Lipinski definition) is 4. The standard InChI is InChI=1S/C15H13NO3S/c1-19-14-4-2-3-5-15(14)20-13-8-6-12(7-9-13)10-11-16(17)18/h2-11H,1H3/b11-10+. The highest BCUT2D eigenvalue weighted by molar-refractivity contribution is 7.99. The second-order valence-electron chi connectivity index (χ2n) is 3.92. The van der Waals surface area contributed by atoms with E-state index in [4.69, 9.17) is 4.74 Å². The Bertz CT molecular complexity index is 623. The Morgan fingerprint density at radius 2 is 1.85 bits per heavy atom. The highest BCUT2D eigenvalue weighted by atomic mass is 32.2. The molecule has 0 aliphatic heterocycles. The van der Waals surface area contributed by atoms with Gasteiger partial charge in [-0.1, -0.05) is 36.0 Å². The molecule has 0 fully saturated rings. The minimum Gasteiger partial charge on any atom is -0.496 e. The number of hydrogen-bond donors (Lipinski definition) is 0. The second kappa shape index (κ2) is 6.77. The Morgan fingerprint density at radius 3 is 2.50 bits per heavy atom. The highest BCUT2D eigenvalue weighted by Crippen LogP contribution is 2.34. The zero-order chi connectivity index (χ0) is 14.4. The Kier molecular flexibility index (Phi) is 4.79. The molecular weight excluding hydrogens is 274 g/mol. The van der Waals surface area contributed by atoms with Crippen LogP contribution in [-0.4, -0.2) is 12.0 Å². The van der Waals surface area contributed by atoms with Crippen LogP contribution in [0.3, 0.4) is 0 Å². The fourth-order valence-electron chi connectivity index (χ4n) is 1.62. The molecule has 0 amide bonds. The zero-order valence-corrected chi connectivity index (χ0v) is 11.7. The lowest BCUT2D eigenvalue weighted by Gasteiger charge is -2.07. The molecule has 20 heavy (non-hydrogen) atoms. The molecule has 2 aromatic rings. The minimum atomic E-state index is -0.475. The van der Waals surface area contributed by atoms with Crippen molar-refractivity contribution in [3.05, 3.63) is 70.4 Å². The van der Waals surface area contributed by atoms with E-state index in [1.807, 2.05) is 48.5 Å². The molecule has 0 heterocycles. The van der Waals surface area contributed by atoms with Crippen LogP contribution in [0, 0.1) is 10.1 Å². The molecule has 0 unspecified atom stereocenters. The maximum absolute atomic E-state index is 10.3. The maximum Gasteiger partial charge on any atom is 0.235 e. The predicted molar refractivity (Wildman–Crippen MR) is 79.6 cm³/mol. The van der Waals surface area contributed by atoms with Crippen molar-refractivity contribution in [1.82, 2.24) is 0 Å². The van der Waals surface area contributed by atoms with Crippen molar-refractivity contribution in [2.45, 2.75) is 9.79 Å². The summed E-state index contributed by atoms with van der Waals surface area (Å²) >= 11 is 1.59. The van der Waals surface area contributed by atoms with Gasteiger partial charge >= 0.3 is 0 Å². The molecule has 0 aliphatic rings. The number of ether oxygens (including phenoxy) is 1. The molecule has 0 atom stereocenters. The van der Waals surface area contributed by atoms with E-state index in [-0.39, 0.29) is 0 Å². The quantitative estimate of drug-likeness (QED) is 0.614. The van der Waals surface area contributed by atoms with E-state index in [0.717, 1.165) is 27.3 Å². The van der Waals surface area contributed by atoms with Crippen LogP contribution in [0.4, 0.5) is 0 Å². The number of benzene rings is 2. The lowest BCUT2D eigenvalue weighted by atomic mass is 10.2. The van der Waals surface area contributed by atoms with Gasteiger partial charge < -0.3 is 4.74 Å². The first-order chi connectivity index (χ1) is 9.69. The molecule has 0 radical (unpaired) electrons. The number of nitrogens with zero attached hydrogens (tertiary/aromatic N) is 1. The first-order valence-corrected chi connectivity index (χ1v) is 6.73. The first kappa shape index (κ1) is 14.1. The van der Waals surface area contributed by atoms with Gasteiger partial charge in [-0.25, -0.2) is 0 Å². The maximum atomic E-state index is 10.3. The minimum absolute atomic E-state index is 0.475. The van der Waals surface area contributed by atoms with E-state index in [9.17, 15) is 10.1 Å². The van der Waals surface area contributed by atoms with Crippen molar-refractivity contribution in [1.29, 1.82) is 0 Å². The summed E-state index contributed by atoms with van der Waals surface area (Å²) in [6.07, 6.45) is 2.40. The number of nitro groups is 1. The van der Waals surface area contributed by atoms with Gasteiger partial charge in [0.15, 0.2) is 0 Å². The third-order valence-electron chi connectivity index (χ3n) is 2.57. The van der Waals surface area contributed by atoms with Gasteiger partial charge in [0, 0.05) is 11.0 Å². The Labute approximate surface area is 121 Å². The molecule has 0 bridgehead atoms. The van der Waals surface area contributed by atoms with E-state index >= 15 is 0 Å². The summed E-state index contributed by atoms with van der Waals surface area (Å²) in [4.78, 5) is 11.9. The summed E-state index contributed by atoms with van der Waals surface area (Å²) in [7, 11) is 1.64. The van der Waals surface area contributed by atoms with Gasteiger partial charge in [0.2, 0.25) is 6.20 Å². The molecule has 5 heteroatoms. The van der Waals surface area contributed by atoms with Crippen LogP contribution in [0.2, 0.25) is 0 Å². The Hall–Kier alpha value is -2.27. The lowest BCUT2D eigenvalue weighted by Crippen LogP contribution is -1.85. The molecule has 0 saturated carbocycles. The molecular formula is C15H13NO3S. The van der Waals surface area contributed by atoms with Gasteiger partial charge in [0.05, 0.1) is 16.9 Å². The summed E-state index contributed by atoms with van der Waals surface area (Å²) in [5.41, 5.74) is 0.797. The highest BCUT2D eigenvalue weighted by Gasteiger charge is 2.03. The second-order valence-corrected chi connectivity index (χ2v) is 5.04. The average Bonchev–Trinajstić information content (AvgIpc) is 2.47. The number of para-hydroxylation sites is 1. The van der Waals surface area contributed by atoms with Crippen LogP contribution in [0.5, 0.6) is 5.75 Å². The van der Waals surface area contributed by atoms with Crippen LogP contribution in [0.25, 0.3) is 6.08 Å². The average molecular weight is 287 g/mol. The van der Waals surface area contributed by atoms with Crippen molar-refractivity contribution in [3.63, 3.8) is 0 Å². The number of methoxy groups -OCH3 is 1. The third kappa shape index (κ3) is 3.86. The van der Waals surface area contributed by atoms with Crippen molar-refractivity contribution < 1.29 is 9.66 Å². The lowest BCUT2D eigenvalue weighted by molar-refractivity contribution is -0.400. The normalized spacial score (nSPS) is 10.7. The smallest absolute Gasteiger partial charge is 0.235 e. The van der Waals surface area contributed by atoms with Crippen LogP contribution in [0.15, 0.2) is 64.5 Å². The molecule has 4 nitrogen and oxygen atoms in total. The van der Waals surface area contributed by atoms with E-state index in [1.165, 1.54) is 6.08 Å². The molecule has 0 saturated heterocycles. The van der Waals surface area contributed by atoms with Crippen LogP contribution in [0.1, 0.15) is 5.56 Å². The van der Waals surface area contributed by atoms with E-state index < -0.39 is 4.92 Å². The number of rotatable bonds is 5. The summed E-state index contributed by atoms with van der Waals surface area (Å²) in [6, 6.07) is 15.3. The molecule has 0 aliphatic carbocycles. The van der Waals surface area contributed by atoms with Crippen LogP contribution >= 0.6 is 11.8 Å². The molecule has 0 spiro atoms. The summed E-state index contributed by atoms with van der Waals surface area (Å²) in [5.74, 6) is 0.829. The fraction of sp³-hybridized carbons (Fsp3) is 0.0667. The zero-order valence-electron chi connectivity index (χ0n) is 10.9. The van der Waals surface area contributed by atoms with Gasteiger partial charge in [-0.2, -0.15) is 0 Å². The molecule has 0 N–H and O–H groups in total. The van der Waals surface area contributed by atoms with Crippen LogP contribution < -0.4 is 4.74 Å². The van der Waals surface area contributed by atoms with E-state index in [0.29, 0.717) is 0 Å². The van der Waals surface area contributed by atoms with Crippen molar-refractivity contribution in [2.75, 3.05) is 7.11 Å². The van der Waals surface area contributed by atoms with Crippen LogP contribution in [-0.2, 0) is 0 Å². The van der Waals surface area contributed by atoms with Crippen molar-refractivity contribution in [3.8, 4) is 5.75 Å².